The third-order valence-electron chi connectivity index (χ3n) is 4.47. The molecular weight excluding hydrogens is 318 g/mol. The van der Waals surface area contributed by atoms with Crippen LogP contribution < -0.4 is 0 Å². The van der Waals surface area contributed by atoms with Crippen LogP contribution in [0.15, 0.2) is 54.9 Å². The number of aliphatic hydroxyl groups excluding tert-OH is 1. The maximum Gasteiger partial charge on any atom is 0.255 e. The zero-order chi connectivity index (χ0) is 17.2. The van der Waals surface area contributed by atoms with Crippen LogP contribution in [0.3, 0.4) is 0 Å². The van der Waals surface area contributed by atoms with E-state index in [9.17, 15) is 9.90 Å². The highest BCUT2D eigenvalue weighted by Crippen LogP contribution is 2.20. The summed E-state index contributed by atoms with van der Waals surface area (Å²) in [7, 11) is 0. The number of carbonyl (C=O) groups excluding carboxylic acids is 1. The Morgan fingerprint density at radius 3 is 2.84 bits per heavy atom. The van der Waals surface area contributed by atoms with Gasteiger partial charge in [0.25, 0.3) is 5.91 Å². The van der Waals surface area contributed by atoms with Gasteiger partial charge in [0.15, 0.2) is 0 Å². The van der Waals surface area contributed by atoms with Gasteiger partial charge in [-0.15, -0.1) is 0 Å². The molecule has 1 atom stereocenters. The summed E-state index contributed by atoms with van der Waals surface area (Å²) in [4.78, 5) is 19.1. The number of aromatic nitrogens is 2. The Kier molecular flexibility index (Phi) is 4.21. The van der Waals surface area contributed by atoms with Crippen LogP contribution in [0.4, 0.5) is 0 Å². The van der Waals surface area contributed by atoms with E-state index in [0.717, 1.165) is 16.9 Å². The summed E-state index contributed by atoms with van der Waals surface area (Å²) in [5.74, 6) is -0.0980. The van der Waals surface area contributed by atoms with Crippen molar-refractivity contribution < 1.29 is 14.6 Å². The number of imidazole rings is 1. The summed E-state index contributed by atoms with van der Waals surface area (Å²) in [5, 5.41) is 9.47. The van der Waals surface area contributed by atoms with Crippen molar-refractivity contribution in [2.24, 2.45) is 0 Å². The van der Waals surface area contributed by atoms with Gasteiger partial charge < -0.3 is 19.1 Å². The lowest BCUT2D eigenvalue weighted by Gasteiger charge is -2.34. The first-order valence-electron chi connectivity index (χ1n) is 8.30. The zero-order valence-electron chi connectivity index (χ0n) is 13.7. The number of hydrogen-bond donors (Lipinski definition) is 1. The molecule has 6 heteroatoms. The van der Waals surface area contributed by atoms with Crippen molar-refractivity contribution in [3.8, 4) is 11.3 Å². The van der Waals surface area contributed by atoms with E-state index in [1.54, 1.807) is 17.2 Å². The van der Waals surface area contributed by atoms with Crippen molar-refractivity contribution in [1.82, 2.24) is 14.3 Å². The Balaban J connectivity index is 1.65. The first-order chi connectivity index (χ1) is 12.3. The average Bonchev–Trinajstić information content (AvgIpc) is 3.11. The summed E-state index contributed by atoms with van der Waals surface area (Å²) in [6.45, 7) is 1.25. The fourth-order valence-corrected chi connectivity index (χ4v) is 3.11. The zero-order valence-corrected chi connectivity index (χ0v) is 13.7. The van der Waals surface area contributed by atoms with Gasteiger partial charge in [-0.25, -0.2) is 4.98 Å². The molecule has 4 rings (SSSR count). The third-order valence-corrected chi connectivity index (χ3v) is 4.47. The van der Waals surface area contributed by atoms with Crippen LogP contribution in [0.5, 0.6) is 0 Å². The van der Waals surface area contributed by atoms with E-state index >= 15 is 0 Å². The molecule has 1 N–H and O–H groups in total. The van der Waals surface area contributed by atoms with E-state index in [4.69, 9.17) is 4.74 Å². The minimum absolute atomic E-state index is 0.0980. The van der Waals surface area contributed by atoms with Gasteiger partial charge in [0, 0.05) is 24.5 Å². The number of fused-ring (bicyclic) bond motifs is 1. The van der Waals surface area contributed by atoms with Crippen LogP contribution in [0, 0.1) is 0 Å². The number of hydrogen-bond acceptors (Lipinski definition) is 4. The lowest BCUT2D eigenvalue weighted by molar-refractivity contribution is -0.0184. The van der Waals surface area contributed by atoms with Crippen LogP contribution >= 0.6 is 0 Å². The smallest absolute Gasteiger partial charge is 0.255 e. The summed E-state index contributed by atoms with van der Waals surface area (Å²) >= 11 is 0. The van der Waals surface area contributed by atoms with Crippen molar-refractivity contribution in [3.63, 3.8) is 0 Å². The van der Waals surface area contributed by atoms with E-state index in [2.05, 4.69) is 4.98 Å². The van der Waals surface area contributed by atoms with Gasteiger partial charge in [0.2, 0.25) is 0 Å². The fourth-order valence-electron chi connectivity index (χ4n) is 3.11. The number of benzene rings is 1. The monoisotopic (exact) mass is 337 g/mol. The van der Waals surface area contributed by atoms with E-state index in [0.29, 0.717) is 25.3 Å². The Labute approximate surface area is 145 Å². The molecule has 1 saturated heterocycles. The van der Waals surface area contributed by atoms with E-state index < -0.39 is 0 Å². The van der Waals surface area contributed by atoms with Crippen LogP contribution in [0.1, 0.15) is 10.4 Å². The summed E-state index contributed by atoms with van der Waals surface area (Å²) in [6, 6.07) is 13.3. The molecule has 1 aliphatic rings. The highest BCUT2D eigenvalue weighted by Gasteiger charge is 2.27. The molecule has 3 aromatic rings. The molecule has 1 fully saturated rings. The Morgan fingerprint density at radius 1 is 1.20 bits per heavy atom. The topological polar surface area (TPSA) is 67.1 Å². The first-order valence-corrected chi connectivity index (χ1v) is 8.30. The Hall–Kier alpha value is -2.70. The average molecular weight is 337 g/mol. The molecule has 1 aliphatic heterocycles. The molecule has 25 heavy (non-hydrogen) atoms. The Bertz CT molecular complexity index is 891. The second-order valence-electron chi connectivity index (χ2n) is 6.09. The van der Waals surface area contributed by atoms with E-state index in [1.165, 1.54) is 0 Å². The van der Waals surface area contributed by atoms with Crippen LogP contribution in [-0.4, -0.2) is 57.7 Å². The lowest BCUT2D eigenvalue weighted by atomic mass is 10.2. The SMILES string of the molecule is O=C(c1ccc2nc(-c3ccccc3)cn2c1)N1CCOCC1CO. The quantitative estimate of drug-likeness (QED) is 0.792. The van der Waals surface area contributed by atoms with Gasteiger partial charge >= 0.3 is 0 Å². The highest BCUT2D eigenvalue weighted by atomic mass is 16.5. The number of nitrogens with zero attached hydrogens (tertiary/aromatic N) is 3. The lowest BCUT2D eigenvalue weighted by Crippen LogP contribution is -2.50. The number of pyridine rings is 1. The molecule has 3 heterocycles. The summed E-state index contributed by atoms with van der Waals surface area (Å²) < 4.78 is 7.21. The van der Waals surface area contributed by atoms with E-state index in [1.807, 2.05) is 47.0 Å². The van der Waals surface area contributed by atoms with Crippen molar-refractivity contribution in [1.29, 1.82) is 0 Å². The van der Waals surface area contributed by atoms with Gasteiger partial charge in [0.05, 0.1) is 37.1 Å². The molecule has 0 bridgehead atoms. The van der Waals surface area contributed by atoms with Gasteiger partial charge in [-0.1, -0.05) is 30.3 Å². The summed E-state index contributed by atoms with van der Waals surface area (Å²) in [6.07, 6.45) is 3.71. The molecule has 1 aromatic carbocycles. The molecule has 6 nitrogen and oxygen atoms in total. The van der Waals surface area contributed by atoms with Crippen molar-refractivity contribution in [2.75, 3.05) is 26.4 Å². The van der Waals surface area contributed by atoms with Crippen molar-refractivity contribution in [2.45, 2.75) is 6.04 Å². The van der Waals surface area contributed by atoms with Crippen molar-refractivity contribution in [3.05, 3.63) is 60.4 Å². The third kappa shape index (κ3) is 3.01. The highest BCUT2D eigenvalue weighted by molar-refractivity contribution is 5.94. The summed E-state index contributed by atoms with van der Waals surface area (Å²) in [5.41, 5.74) is 3.26. The first kappa shape index (κ1) is 15.8. The molecule has 0 aliphatic carbocycles. The molecule has 128 valence electrons. The van der Waals surface area contributed by atoms with E-state index in [-0.39, 0.29) is 18.6 Å². The van der Waals surface area contributed by atoms with Crippen LogP contribution in [-0.2, 0) is 4.74 Å². The number of carbonyl (C=O) groups is 1. The molecule has 1 amide bonds. The van der Waals surface area contributed by atoms with Crippen LogP contribution in [0.25, 0.3) is 16.9 Å². The minimum Gasteiger partial charge on any atom is -0.394 e. The molecular formula is C19H19N3O3. The largest absolute Gasteiger partial charge is 0.394 e. The van der Waals surface area contributed by atoms with Gasteiger partial charge in [0.1, 0.15) is 5.65 Å². The number of aliphatic hydroxyl groups is 1. The molecule has 2 aromatic heterocycles. The van der Waals surface area contributed by atoms with Gasteiger partial charge in [-0.2, -0.15) is 0 Å². The second-order valence-corrected chi connectivity index (χ2v) is 6.09. The number of ether oxygens (including phenoxy) is 1. The fraction of sp³-hybridized carbons (Fsp3) is 0.263. The number of morpholine rings is 1. The number of amides is 1. The van der Waals surface area contributed by atoms with Gasteiger partial charge in [-0.05, 0) is 12.1 Å². The van der Waals surface area contributed by atoms with Crippen LogP contribution in [0.2, 0.25) is 0 Å². The molecule has 0 radical (unpaired) electrons. The molecule has 0 spiro atoms. The maximum atomic E-state index is 12.8. The Morgan fingerprint density at radius 2 is 2.04 bits per heavy atom. The predicted octanol–water partition coefficient (Wildman–Crippen LogP) is 1.83. The molecule has 0 saturated carbocycles. The normalized spacial score (nSPS) is 17.8. The number of rotatable bonds is 3. The molecule has 1 unspecified atom stereocenters. The second kappa shape index (κ2) is 6.66. The van der Waals surface area contributed by atoms with Crippen molar-refractivity contribution >= 4 is 11.6 Å². The maximum absolute atomic E-state index is 12.8. The van der Waals surface area contributed by atoms with Gasteiger partial charge in [-0.3, -0.25) is 4.79 Å². The standard InChI is InChI=1S/C19H19N3O3/c23-12-16-13-25-9-8-22(16)19(24)15-6-7-18-20-17(11-21(18)10-15)14-4-2-1-3-5-14/h1-7,10-11,16,23H,8-9,12-13H2. The predicted molar refractivity (Wildman–Crippen MR) is 93.4 cm³/mol. The minimum atomic E-state index is -0.292.